The third-order valence-corrected chi connectivity index (χ3v) is 3.99. The van der Waals surface area contributed by atoms with Crippen LogP contribution >= 0.6 is 11.8 Å². The predicted octanol–water partition coefficient (Wildman–Crippen LogP) is 2.61. The normalized spacial score (nSPS) is 22.5. The number of aliphatic hydroxyl groups is 1. The third-order valence-electron chi connectivity index (χ3n) is 2.97. The number of hydrogen-bond donors (Lipinski definition) is 1. The molecule has 0 aliphatic carbocycles. The molecule has 0 radical (unpaired) electrons. The summed E-state index contributed by atoms with van der Waals surface area (Å²) < 4.78 is 19.4. The Morgan fingerprint density at radius 3 is 2.82 bits per heavy atom. The summed E-state index contributed by atoms with van der Waals surface area (Å²) in [5, 5.41) is 10.2. The van der Waals surface area contributed by atoms with Crippen LogP contribution in [-0.4, -0.2) is 29.3 Å². The van der Waals surface area contributed by atoms with Crippen LogP contribution in [0.2, 0.25) is 0 Å². The van der Waals surface area contributed by atoms with Gasteiger partial charge in [0.15, 0.2) is 0 Å². The first-order valence-corrected chi connectivity index (χ1v) is 6.89. The van der Waals surface area contributed by atoms with Gasteiger partial charge >= 0.3 is 0 Å². The fourth-order valence-corrected chi connectivity index (χ4v) is 3.07. The molecule has 1 aliphatic rings. The van der Waals surface area contributed by atoms with Crippen molar-refractivity contribution in [1.29, 1.82) is 0 Å². The second-order valence-electron chi connectivity index (χ2n) is 4.41. The molecule has 1 N–H and O–H groups in total. The van der Waals surface area contributed by atoms with Crippen LogP contribution in [0, 0.1) is 19.7 Å². The number of rotatable bonds is 2. The van der Waals surface area contributed by atoms with E-state index >= 15 is 0 Å². The fourth-order valence-electron chi connectivity index (χ4n) is 2.18. The summed E-state index contributed by atoms with van der Waals surface area (Å²) in [6.07, 6.45) is -1.17. The van der Waals surface area contributed by atoms with Gasteiger partial charge in [0.25, 0.3) is 0 Å². The highest BCUT2D eigenvalue weighted by Crippen LogP contribution is 2.29. The van der Waals surface area contributed by atoms with E-state index in [4.69, 9.17) is 4.74 Å². The Morgan fingerprint density at radius 1 is 1.47 bits per heavy atom. The first-order chi connectivity index (χ1) is 8.09. The summed E-state index contributed by atoms with van der Waals surface area (Å²) >= 11 is 1.73. The van der Waals surface area contributed by atoms with Crippen molar-refractivity contribution >= 4 is 11.8 Å². The molecule has 0 amide bonds. The van der Waals surface area contributed by atoms with Crippen molar-refractivity contribution in [3.8, 4) is 0 Å². The second-order valence-corrected chi connectivity index (χ2v) is 5.56. The minimum Gasteiger partial charge on any atom is -0.386 e. The van der Waals surface area contributed by atoms with Crippen LogP contribution in [0.15, 0.2) is 12.1 Å². The molecule has 17 heavy (non-hydrogen) atoms. The molecule has 1 aliphatic heterocycles. The molecule has 1 fully saturated rings. The number of benzene rings is 1. The van der Waals surface area contributed by atoms with Crippen molar-refractivity contribution in [2.45, 2.75) is 26.1 Å². The largest absolute Gasteiger partial charge is 0.386 e. The van der Waals surface area contributed by atoms with E-state index in [1.165, 1.54) is 6.07 Å². The summed E-state index contributed by atoms with van der Waals surface area (Å²) in [7, 11) is 0. The molecule has 0 saturated carbocycles. The lowest BCUT2D eigenvalue weighted by atomic mass is 9.97. The minimum atomic E-state index is -0.872. The maximum Gasteiger partial charge on any atom is 0.129 e. The molecule has 2 atom stereocenters. The lowest BCUT2D eigenvalue weighted by molar-refractivity contribution is -0.0244. The molecular weight excluding hydrogens is 239 g/mol. The number of halogens is 1. The van der Waals surface area contributed by atoms with E-state index in [-0.39, 0.29) is 11.9 Å². The van der Waals surface area contributed by atoms with Gasteiger partial charge in [-0.05, 0) is 31.0 Å². The van der Waals surface area contributed by atoms with Gasteiger partial charge in [-0.25, -0.2) is 4.39 Å². The van der Waals surface area contributed by atoms with Gasteiger partial charge in [-0.1, -0.05) is 6.07 Å². The van der Waals surface area contributed by atoms with Gasteiger partial charge in [-0.2, -0.15) is 11.8 Å². The van der Waals surface area contributed by atoms with Crippen molar-refractivity contribution in [3.63, 3.8) is 0 Å². The molecule has 1 aromatic rings. The minimum absolute atomic E-state index is 0.301. The average Bonchev–Trinajstić information content (AvgIpc) is 2.28. The van der Waals surface area contributed by atoms with Gasteiger partial charge in [0, 0.05) is 17.1 Å². The van der Waals surface area contributed by atoms with Gasteiger partial charge in [-0.15, -0.1) is 0 Å². The van der Waals surface area contributed by atoms with Crippen molar-refractivity contribution < 1.29 is 14.2 Å². The van der Waals surface area contributed by atoms with Gasteiger partial charge < -0.3 is 9.84 Å². The van der Waals surface area contributed by atoms with Crippen molar-refractivity contribution in [1.82, 2.24) is 0 Å². The summed E-state index contributed by atoms with van der Waals surface area (Å²) in [5.41, 5.74) is 2.03. The van der Waals surface area contributed by atoms with E-state index in [1.54, 1.807) is 11.8 Å². The maximum absolute atomic E-state index is 13.9. The number of aryl methyl sites for hydroxylation is 2. The van der Waals surface area contributed by atoms with Gasteiger partial charge in [0.05, 0.1) is 12.7 Å². The molecule has 2 rings (SSSR count). The van der Waals surface area contributed by atoms with Crippen LogP contribution in [0.3, 0.4) is 0 Å². The number of aliphatic hydroxyl groups excluding tert-OH is 1. The van der Waals surface area contributed by atoms with Crippen molar-refractivity contribution in [3.05, 3.63) is 34.6 Å². The lowest BCUT2D eigenvalue weighted by Crippen LogP contribution is -2.30. The van der Waals surface area contributed by atoms with Gasteiger partial charge in [0.2, 0.25) is 0 Å². The average molecular weight is 256 g/mol. The SMILES string of the molecule is Cc1cc(C)c(C(O)C2CSCCO2)c(F)c1. The van der Waals surface area contributed by atoms with Crippen molar-refractivity contribution in [2.24, 2.45) is 0 Å². The Bertz CT molecular complexity index is 379. The smallest absolute Gasteiger partial charge is 0.129 e. The van der Waals surface area contributed by atoms with Crippen LogP contribution in [0.4, 0.5) is 4.39 Å². The van der Waals surface area contributed by atoms with Gasteiger partial charge in [-0.3, -0.25) is 0 Å². The van der Waals surface area contributed by atoms with Gasteiger partial charge in [0.1, 0.15) is 11.9 Å². The summed E-state index contributed by atoms with van der Waals surface area (Å²) in [5.74, 6) is 1.32. The van der Waals surface area contributed by atoms with E-state index in [9.17, 15) is 9.50 Å². The summed E-state index contributed by atoms with van der Waals surface area (Å²) in [6, 6.07) is 3.35. The van der Waals surface area contributed by atoms with Crippen LogP contribution < -0.4 is 0 Å². The van der Waals surface area contributed by atoms with E-state index in [2.05, 4.69) is 0 Å². The first-order valence-electron chi connectivity index (χ1n) is 5.73. The molecule has 0 spiro atoms. The van der Waals surface area contributed by atoms with Crippen LogP contribution in [-0.2, 0) is 4.74 Å². The first kappa shape index (κ1) is 12.9. The Kier molecular flexibility index (Phi) is 4.07. The Balaban J connectivity index is 2.26. The Labute approximate surface area is 105 Å². The number of ether oxygens (including phenoxy) is 1. The number of hydrogen-bond acceptors (Lipinski definition) is 3. The lowest BCUT2D eigenvalue weighted by Gasteiger charge is -2.28. The highest BCUT2D eigenvalue weighted by molar-refractivity contribution is 7.99. The zero-order valence-electron chi connectivity index (χ0n) is 10.1. The van der Waals surface area contributed by atoms with E-state index in [0.717, 1.165) is 16.9 Å². The predicted molar refractivity (Wildman–Crippen MR) is 67.9 cm³/mol. The third kappa shape index (κ3) is 2.81. The van der Waals surface area contributed by atoms with E-state index < -0.39 is 6.10 Å². The molecule has 94 valence electrons. The molecule has 4 heteroatoms. The fraction of sp³-hybridized carbons (Fsp3) is 0.538. The molecular formula is C13H17FO2S. The van der Waals surface area contributed by atoms with Crippen molar-refractivity contribution in [2.75, 3.05) is 18.1 Å². The summed E-state index contributed by atoms with van der Waals surface area (Å²) in [6.45, 7) is 4.29. The van der Waals surface area contributed by atoms with E-state index in [0.29, 0.717) is 17.9 Å². The molecule has 1 heterocycles. The molecule has 1 saturated heterocycles. The zero-order valence-corrected chi connectivity index (χ0v) is 10.9. The van der Waals surface area contributed by atoms with Crippen LogP contribution in [0.25, 0.3) is 0 Å². The topological polar surface area (TPSA) is 29.5 Å². The highest BCUT2D eigenvalue weighted by Gasteiger charge is 2.27. The Hall–Kier alpha value is -0.580. The molecule has 2 nitrogen and oxygen atoms in total. The molecule has 0 bridgehead atoms. The highest BCUT2D eigenvalue weighted by atomic mass is 32.2. The van der Waals surface area contributed by atoms with Crippen LogP contribution in [0.5, 0.6) is 0 Å². The molecule has 2 unspecified atom stereocenters. The molecule has 0 aromatic heterocycles. The number of thioether (sulfide) groups is 1. The van der Waals surface area contributed by atoms with Crippen LogP contribution in [0.1, 0.15) is 22.8 Å². The Morgan fingerprint density at radius 2 is 2.24 bits per heavy atom. The standard InChI is InChI=1S/C13H17FO2S/c1-8-5-9(2)12(10(14)6-8)13(15)11-7-17-4-3-16-11/h5-6,11,13,15H,3-4,7H2,1-2H3. The molecule has 1 aromatic carbocycles. The maximum atomic E-state index is 13.9. The van der Waals surface area contributed by atoms with E-state index in [1.807, 2.05) is 19.9 Å². The summed E-state index contributed by atoms with van der Waals surface area (Å²) in [4.78, 5) is 0. The zero-order chi connectivity index (χ0) is 12.4. The second kappa shape index (κ2) is 5.38. The quantitative estimate of drug-likeness (QED) is 0.882. The monoisotopic (exact) mass is 256 g/mol.